The van der Waals surface area contributed by atoms with E-state index in [0.717, 1.165) is 56.6 Å². The Labute approximate surface area is 142 Å². The first-order valence-electron chi connectivity index (χ1n) is 8.95. The van der Waals surface area contributed by atoms with Crippen LogP contribution in [0.3, 0.4) is 0 Å². The zero-order valence-corrected chi connectivity index (χ0v) is 14.6. The second kappa shape index (κ2) is 6.69. The Morgan fingerprint density at radius 3 is 2.96 bits per heavy atom. The van der Waals surface area contributed by atoms with Gasteiger partial charge in [-0.05, 0) is 45.1 Å². The number of aryl methyl sites for hydroxylation is 2. The van der Waals surface area contributed by atoms with E-state index in [2.05, 4.69) is 25.9 Å². The van der Waals surface area contributed by atoms with Crippen LogP contribution in [0.2, 0.25) is 0 Å². The van der Waals surface area contributed by atoms with Gasteiger partial charge in [0.1, 0.15) is 5.76 Å². The molecule has 0 bridgehead atoms. The lowest BCUT2D eigenvalue weighted by Gasteiger charge is -2.33. The second-order valence-electron chi connectivity index (χ2n) is 7.20. The predicted octanol–water partition coefficient (Wildman–Crippen LogP) is 2.86. The minimum Gasteiger partial charge on any atom is -0.381 e. The van der Waals surface area contributed by atoms with Gasteiger partial charge in [-0.2, -0.15) is 5.10 Å². The van der Waals surface area contributed by atoms with Crippen LogP contribution in [0.25, 0.3) is 0 Å². The highest BCUT2D eigenvalue weighted by atomic mass is 16.5. The molecule has 6 nitrogen and oxygen atoms in total. The van der Waals surface area contributed by atoms with Crippen LogP contribution in [0.4, 0.5) is 0 Å². The van der Waals surface area contributed by atoms with Crippen LogP contribution in [0.15, 0.2) is 16.8 Å². The van der Waals surface area contributed by atoms with E-state index in [0.29, 0.717) is 6.04 Å². The normalized spacial score (nSPS) is 21.2. The zero-order chi connectivity index (χ0) is 16.5. The Bertz CT molecular complexity index is 670. The molecule has 1 aliphatic heterocycles. The molecule has 0 saturated heterocycles. The van der Waals surface area contributed by atoms with E-state index in [4.69, 9.17) is 9.26 Å². The third kappa shape index (κ3) is 3.39. The van der Waals surface area contributed by atoms with Crippen LogP contribution in [0.1, 0.15) is 48.0 Å². The maximum absolute atomic E-state index is 5.85. The molecule has 0 spiro atoms. The topological polar surface area (TPSA) is 56.3 Å². The first kappa shape index (κ1) is 15.8. The Balaban J connectivity index is 1.40. The molecule has 0 amide bonds. The molecule has 6 heteroatoms. The van der Waals surface area contributed by atoms with E-state index in [1.54, 1.807) is 0 Å². The maximum atomic E-state index is 5.85. The Morgan fingerprint density at radius 1 is 1.33 bits per heavy atom. The lowest BCUT2D eigenvalue weighted by Crippen LogP contribution is -2.38. The fourth-order valence-corrected chi connectivity index (χ4v) is 3.50. The van der Waals surface area contributed by atoms with Gasteiger partial charge in [0.25, 0.3) is 0 Å². The Morgan fingerprint density at radius 2 is 2.21 bits per heavy atom. The number of hydrogen-bond acceptors (Lipinski definition) is 5. The summed E-state index contributed by atoms with van der Waals surface area (Å²) in [5, 5.41) is 8.61. The molecule has 2 aliphatic rings. The zero-order valence-electron chi connectivity index (χ0n) is 14.6. The van der Waals surface area contributed by atoms with E-state index in [1.807, 2.05) is 20.0 Å². The quantitative estimate of drug-likeness (QED) is 0.731. The minimum absolute atomic E-state index is 0.378. The fraction of sp³-hybridized carbons (Fsp3) is 0.667. The monoisotopic (exact) mass is 330 g/mol. The summed E-state index contributed by atoms with van der Waals surface area (Å²) < 4.78 is 13.3. The molecule has 1 fully saturated rings. The molecule has 4 rings (SSSR count). The number of rotatable bonds is 7. The van der Waals surface area contributed by atoms with Crippen molar-refractivity contribution in [3.8, 4) is 0 Å². The van der Waals surface area contributed by atoms with Gasteiger partial charge in [-0.1, -0.05) is 5.16 Å². The first-order chi connectivity index (χ1) is 11.7. The molecule has 1 aliphatic carbocycles. The van der Waals surface area contributed by atoms with Crippen LogP contribution < -0.4 is 0 Å². The van der Waals surface area contributed by atoms with Crippen LogP contribution in [-0.2, 0) is 17.8 Å². The molecular weight excluding hydrogens is 304 g/mol. The van der Waals surface area contributed by atoms with Gasteiger partial charge in [-0.25, -0.2) is 0 Å². The number of hydrogen-bond donors (Lipinski definition) is 0. The highest BCUT2D eigenvalue weighted by Crippen LogP contribution is 2.29. The van der Waals surface area contributed by atoms with E-state index in [-0.39, 0.29) is 0 Å². The molecule has 0 N–H and O–H groups in total. The van der Waals surface area contributed by atoms with Crippen molar-refractivity contribution >= 4 is 0 Å². The maximum Gasteiger partial charge on any atom is 0.138 e. The van der Waals surface area contributed by atoms with E-state index >= 15 is 0 Å². The average molecular weight is 330 g/mol. The molecule has 2 aromatic rings. The lowest BCUT2D eigenvalue weighted by atomic mass is 10.1. The van der Waals surface area contributed by atoms with Crippen molar-refractivity contribution in [1.29, 1.82) is 0 Å². The highest BCUT2D eigenvalue weighted by Gasteiger charge is 2.27. The molecule has 3 heterocycles. The fourth-order valence-electron chi connectivity index (χ4n) is 3.50. The van der Waals surface area contributed by atoms with E-state index in [1.165, 1.54) is 24.1 Å². The predicted molar refractivity (Wildman–Crippen MR) is 89.5 cm³/mol. The summed E-state index contributed by atoms with van der Waals surface area (Å²) in [6.45, 7) is 8.55. The van der Waals surface area contributed by atoms with E-state index in [9.17, 15) is 0 Å². The summed E-state index contributed by atoms with van der Waals surface area (Å²) in [5.41, 5.74) is 3.49. The Hall–Kier alpha value is -1.66. The summed E-state index contributed by atoms with van der Waals surface area (Å²) in [6, 6.07) is 2.50. The number of ether oxygens (including phenoxy) is 1. The summed E-state index contributed by atoms with van der Waals surface area (Å²) >= 11 is 0. The molecule has 0 aromatic carbocycles. The van der Waals surface area contributed by atoms with Crippen molar-refractivity contribution < 1.29 is 9.26 Å². The van der Waals surface area contributed by atoms with Gasteiger partial charge >= 0.3 is 0 Å². The molecule has 0 radical (unpaired) electrons. The van der Waals surface area contributed by atoms with Gasteiger partial charge in [-0.15, -0.1) is 0 Å². The van der Waals surface area contributed by atoms with Gasteiger partial charge in [0.15, 0.2) is 0 Å². The summed E-state index contributed by atoms with van der Waals surface area (Å²) in [5.74, 6) is 1.75. The number of nitrogens with zero attached hydrogens (tertiary/aromatic N) is 4. The Kier molecular flexibility index (Phi) is 4.41. The molecule has 0 unspecified atom stereocenters. The summed E-state index contributed by atoms with van der Waals surface area (Å²) in [6.07, 6.45) is 5.61. The van der Waals surface area contributed by atoms with Gasteiger partial charge < -0.3 is 9.26 Å². The molecule has 130 valence electrons. The second-order valence-corrected chi connectivity index (χ2v) is 7.20. The van der Waals surface area contributed by atoms with Crippen LogP contribution in [-0.4, -0.2) is 39.6 Å². The van der Waals surface area contributed by atoms with Crippen molar-refractivity contribution in [2.24, 2.45) is 5.92 Å². The van der Waals surface area contributed by atoms with Crippen molar-refractivity contribution in [1.82, 2.24) is 19.8 Å². The number of fused-ring (bicyclic) bond motifs is 1. The van der Waals surface area contributed by atoms with Crippen molar-refractivity contribution in [2.75, 3.05) is 19.8 Å². The van der Waals surface area contributed by atoms with Crippen molar-refractivity contribution in [2.45, 2.75) is 52.2 Å². The average Bonchev–Trinajstić information content (AvgIpc) is 3.19. The summed E-state index contributed by atoms with van der Waals surface area (Å²) in [7, 11) is 0. The first-order valence-corrected chi connectivity index (χ1v) is 8.95. The van der Waals surface area contributed by atoms with Crippen molar-refractivity contribution in [3.63, 3.8) is 0 Å². The standard InChI is InChI=1S/C18H26N4O2/c1-13-18(14(2)24-20-13)11-21-9-16-5-7-19-22(16)17(10-21)6-8-23-12-15-3-4-15/h5,7,15,17H,3-4,6,8-12H2,1-2H3/t17-/m0/s1. The lowest BCUT2D eigenvalue weighted by molar-refractivity contribution is 0.0903. The van der Waals surface area contributed by atoms with Gasteiger partial charge in [-0.3, -0.25) is 9.58 Å². The minimum atomic E-state index is 0.378. The number of aromatic nitrogens is 3. The van der Waals surface area contributed by atoms with Gasteiger partial charge in [0, 0.05) is 44.6 Å². The van der Waals surface area contributed by atoms with Crippen LogP contribution in [0.5, 0.6) is 0 Å². The van der Waals surface area contributed by atoms with E-state index < -0.39 is 0 Å². The molecule has 2 aromatic heterocycles. The SMILES string of the molecule is Cc1noc(C)c1CN1Cc2ccnn2[C@@H](CCOCC2CC2)C1. The molecular formula is C18H26N4O2. The smallest absolute Gasteiger partial charge is 0.138 e. The molecule has 1 saturated carbocycles. The van der Waals surface area contributed by atoms with Crippen LogP contribution >= 0.6 is 0 Å². The molecule has 24 heavy (non-hydrogen) atoms. The van der Waals surface area contributed by atoms with Gasteiger partial charge in [0.2, 0.25) is 0 Å². The van der Waals surface area contributed by atoms with Crippen LogP contribution in [0, 0.1) is 19.8 Å². The highest BCUT2D eigenvalue weighted by molar-refractivity contribution is 5.21. The van der Waals surface area contributed by atoms with Gasteiger partial charge in [0.05, 0.1) is 17.4 Å². The molecule has 1 atom stereocenters. The largest absolute Gasteiger partial charge is 0.381 e. The van der Waals surface area contributed by atoms with Crippen molar-refractivity contribution in [3.05, 3.63) is 35.0 Å². The third-order valence-corrected chi connectivity index (χ3v) is 5.16. The summed E-state index contributed by atoms with van der Waals surface area (Å²) in [4.78, 5) is 2.47. The third-order valence-electron chi connectivity index (χ3n) is 5.16.